The molecule has 0 saturated carbocycles. The summed E-state index contributed by atoms with van der Waals surface area (Å²) in [6.45, 7) is 4.23. The highest BCUT2D eigenvalue weighted by molar-refractivity contribution is 6.30. The Bertz CT molecular complexity index is 1220. The van der Waals surface area contributed by atoms with Crippen molar-refractivity contribution in [3.05, 3.63) is 129 Å². The zero-order valence-electron chi connectivity index (χ0n) is 17.8. The van der Waals surface area contributed by atoms with Gasteiger partial charge in [0.15, 0.2) is 0 Å². The number of halogens is 1. The Labute approximate surface area is 189 Å². The molecule has 0 atom stereocenters. The molecule has 0 heterocycles. The average molecular weight is 425 g/mol. The minimum Gasteiger partial charge on any atom is -0.376 e. The van der Waals surface area contributed by atoms with E-state index in [0.717, 1.165) is 40.7 Å². The summed E-state index contributed by atoms with van der Waals surface area (Å²) in [5.41, 5.74) is 8.52. The maximum Gasteiger partial charge on any atom is 0.141 e. The van der Waals surface area contributed by atoms with Gasteiger partial charge in [-0.3, -0.25) is 0 Å². The third kappa shape index (κ3) is 3.39. The van der Waals surface area contributed by atoms with Gasteiger partial charge in [0.2, 0.25) is 0 Å². The van der Waals surface area contributed by atoms with Crippen LogP contribution in [0.5, 0.6) is 0 Å². The summed E-state index contributed by atoms with van der Waals surface area (Å²) >= 11 is 6.15. The molecule has 4 aromatic rings. The van der Waals surface area contributed by atoms with Gasteiger partial charge < -0.3 is 5.11 Å². The van der Waals surface area contributed by atoms with Crippen molar-refractivity contribution in [1.29, 1.82) is 0 Å². The monoisotopic (exact) mass is 424 g/mol. The fraction of sp³-hybridized carbons (Fsp3) is 0.172. The second-order valence-corrected chi connectivity index (χ2v) is 9.02. The fourth-order valence-electron chi connectivity index (χ4n) is 4.95. The Balaban J connectivity index is 1.84. The van der Waals surface area contributed by atoms with Crippen LogP contribution in [0.15, 0.2) is 84.9 Å². The molecular weight excluding hydrogens is 400 g/mol. The van der Waals surface area contributed by atoms with Crippen LogP contribution in [0.25, 0.3) is 11.1 Å². The molecule has 0 fully saturated rings. The topological polar surface area (TPSA) is 20.2 Å². The molecule has 0 amide bonds. The van der Waals surface area contributed by atoms with E-state index in [2.05, 4.69) is 62.4 Å². The first-order valence-corrected chi connectivity index (χ1v) is 11.1. The van der Waals surface area contributed by atoms with Gasteiger partial charge in [-0.25, -0.2) is 0 Å². The van der Waals surface area contributed by atoms with Crippen molar-refractivity contribution in [2.24, 2.45) is 0 Å². The quantitative estimate of drug-likeness (QED) is 0.367. The van der Waals surface area contributed by atoms with Crippen LogP contribution >= 0.6 is 11.6 Å². The maximum absolute atomic E-state index is 12.7. The molecule has 0 saturated heterocycles. The van der Waals surface area contributed by atoms with E-state index >= 15 is 0 Å². The molecule has 1 N–H and O–H groups in total. The molecule has 0 unspecified atom stereocenters. The molecule has 1 aliphatic rings. The van der Waals surface area contributed by atoms with Crippen LogP contribution in [0.3, 0.4) is 0 Å². The predicted molar refractivity (Wildman–Crippen MR) is 129 cm³/mol. The summed E-state index contributed by atoms with van der Waals surface area (Å²) < 4.78 is 0. The van der Waals surface area contributed by atoms with Gasteiger partial charge in [0.05, 0.1) is 0 Å². The molecular formula is C29H25ClO. The number of rotatable bonds is 2. The van der Waals surface area contributed by atoms with E-state index in [1.807, 2.05) is 36.4 Å². The van der Waals surface area contributed by atoms with Gasteiger partial charge in [-0.1, -0.05) is 95.5 Å². The first-order valence-electron chi connectivity index (χ1n) is 10.7. The normalized spacial score (nSPS) is 14.5. The third-order valence-corrected chi connectivity index (χ3v) is 6.69. The predicted octanol–water partition coefficient (Wildman–Crippen LogP) is 7.01. The summed E-state index contributed by atoms with van der Waals surface area (Å²) in [6, 6.07) is 28.9. The van der Waals surface area contributed by atoms with Gasteiger partial charge in [0.1, 0.15) is 5.60 Å². The zero-order chi connectivity index (χ0) is 21.6. The molecule has 1 aliphatic carbocycles. The van der Waals surface area contributed by atoms with E-state index in [4.69, 9.17) is 11.6 Å². The number of benzene rings is 4. The van der Waals surface area contributed by atoms with Gasteiger partial charge >= 0.3 is 0 Å². The van der Waals surface area contributed by atoms with Crippen molar-refractivity contribution in [2.75, 3.05) is 0 Å². The maximum atomic E-state index is 12.7. The molecule has 5 rings (SSSR count). The first kappa shape index (κ1) is 20.1. The lowest BCUT2D eigenvalue weighted by molar-refractivity contribution is 0.125. The van der Waals surface area contributed by atoms with E-state index in [0.29, 0.717) is 5.02 Å². The highest BCUT2D eigenvalue weighted by atomic mass is 35.5. The highest BCUT2D eigenvalue weighted by Gasteiger charge is 2.40. The lowest BCUT2D eigenvalue weighted by Crippen LogP contribution is -2.31. The van der Waals surface area contributed by atoms with Crippen molar-refractivity contribution >= 4 is 11.6 Å². The first-order chi connectivity index (χ1) is 15.0. The summed E-state index contributed by atoms with van der Waals surface area (Å²) in [4.78, 5) is 0. The molecule has 0 aromatic heterocycles. The Morgan fingerprint density at radius 2 is 1.23 bits per heavy atom. The summed E-state index contributed by atoms with van der Waals surface area (Å²) in [5.74, 6) is 0. The molecule has 4 aromatic carbocycles. The van der Waals surface area contributed by atoms with Crippen LogP contribution < -0.4 is 0 Å². The summed E-state index contributed by atoms with van der Waals surface area (Å²) in [5, 5.41) is 13.4. The lowest BCUT2D eigenvalue weighted by atomic mass is 9.75. The van der Waals surface area contributed by atoms with E-state index in [1.54, 1.807) is 0 Å². The second kappa shape index (κ2) is 7.67. The molecule has 0 aliphatic heterocycles. The summed E-state index contributed by atoms with van der Waals surface area (Å²) in [7, 11) is 0. The zero-order valence-corrected chi connectivity index (χ0v) is 18.6. The van der Waals surface area contributed by atoms with Crippen LogP contribution in [0, 0.1) is 13.8 Å². The smallest absolute Gasteiger partial charge is 0.141 e. The molecule has 0 radical (unpaired) electrons. The Hall–Kier alpha value is -2.87. The van der Waals surface area contributed by atoms with Gasteiger partial charge in [-0.15, -0.1) is 0 Å². The fourth-order valence-corrected chi connectivity index (χ4v) is 5.07. The second-order valence-electron chi connectivity index (χ2n) is 8.58. The van der Waals surface area contributed by atoms with Crippen LogP contribution in [0.4, 0.5) is 0 Å². The third-order valence-electron chi connectivity index (χ3n) is 6.44. The van der Waals surface area contributed by atoms with Gasteiger partial charge in [0, 0.05) is 10.6 Å². The van der Waals surface area contributed by atoms with Crippen LogP contribution in [-0.4, -0.2) is 5.11 Å². The van der Waals surface area contributed by atoms with E-state index < -0.39 is 5.60 Å². The molecule has 1 nitrogen and oxygen atoms in total. The molecule has 0 spiro atoms. The van der Waals surface area contributed by atoms with E-state index in [-0.39, 0.29) is 0 Å². The van der Waals surface area contributed by atoms with Crippen molar-refractivity contribution in [1.82, 2.24) is 0 Å². The average Bonchev–Trinajstić information content (AvgIpc) is 2.89. The van der Waals surface area contributed by atoms with E-state index in [9.17, 15) is 5.11 Å². The Morgan fingerprint density at radius 3 is 1.81 bits per heavy atom. The molecule has 2 heteroatoms. The van der Waals surface area contributed by atoms with Crippen molar-refractivity contribution in [3.8, 4) is 11.1 Å². The Kier molecular flexibility index (Phi) is 4.97. The number of aryl methyl sites for hydroxylation is 4. The van der Waals surface area contributed by atoms with Gasteiger partial charge in [-0.05, 0) is 72.2 Å². The van der Waals surface area contributed by atoms with Crippen LogP contribution in [0.1, 0.15) is 38.9 Å². The van der Waals surface area contributed by atoms with Gasteiger partial charge in [-0.2, -0.15) is 0 Å². The molecule has 31 heavy (non-hydrogen) atoms. The van der Waals surface area contributed by atoms with E-state index in [1.165, 1.54) is 22.3 Å². The lowest BCUT2D eigenvalue weighted by Gasteiger charge is -2.34. The number of fused-ring (bicyclic) bond motifs is 2. The van der Waals surface area contributed by atoms with Crippen molar-refractivity contribution in [2.45, 2.75) is 32.3 Å². The van der Waals surface area contributed by atoms with Crippen LogP contribution in [0.2, 0.25) is 5.02 Å². The number of hydrogen-bond donors (Lipinski definition) is 1. The summed E-state index contributed by atoms with van der Waals surface area (Å²) in [6.07, 6.45) is 1.83. The minimum atomic E-state index is -1.24. The van der Waals surface area contributed by atoms with Crippen molar-refractivity contribution in [3.63, 3.8) is 0 Å². The standard InChI is InChI=1S/C29H25ClO/c1-19-7-15-26-22(17-19)9-10-23-18-20(2)8-16-27(23)29(26,31)28-6-4-3-5-25(28)21-11-13-24(30)14-12-21/h3-8,11-18,31H,9-10H2,1-2H3. The Morgan fingerprint density at radius 1 is 0.677 bits per heavy atom. The molecule has 0 bridgehead atoms. The SMILES string of the molecule is Cc1ccc2c(c1)CCc1cc(C)ccc1C2(O)c1ccccc1-c1ccc(Cl)cc1. The molecule has 154 valence electrons. The van der Waals surface area contributed by atoms with Crippen LogP contribution in [-0.2, 0) is 18.4 Å². The number of hydrogen-bond acceptors (Lipinski definition) is 1. The number of aliphatic hydroxyl groups is 1. The van der Waals surface area contributed by atoms with Gasteiger partial charge in [0.25, 0.3) is 0 Å². The minimum absolute atomic E-state index is 0.705. The van der Waals surface area contributed by atoms with Crippen molar-refractivity contribution < 1.29 is 5.11 Å². The highest BCUT2D eigenvalue weighted by Crippen LogP contribution is 2.46. The largest absolute Gasteiger partial charge is 0.376 e.